The number of hydrogen-bond donors (Lipinski definition) is 2. The molecule has 0 heterocycles. The maximum Gasteiger partial charge on any atom is 0.191 e. The van der Waals surface area contributed by atoms with E-state index in [4.69, 9.17) is 4.74 Å². The lowest BCUT2D eigenvalue weighted by Gasteiger charge is -2.19. The highest BCUT2D eigenvalue weighted by atomic mass is 127. The summed E-state index contributed by atoms with van der Waals surface area (Å²) in [5.74, 6) is 1.74. The number of para-hydroxylation sites is 1. The first-order chi connectivity index (χ1) is 10.7. The van der Waals surface area contributed by atoms with Gasteiger partial charge in [0.15, 0.2) is 5.96 Å². The van der Waals surface area contributed by atoms with Crippen LogP contribution in [0.4, 0.5) is 0 Å². The summed E-state index contributed by atoms with van der Waals surface area (Å²) in [7, 11) is 1.79. The van der Waals surface area contributed by atoms with Crippen molar-refractivity contribution in [3.8, 4) is 5.75 Å². The quantitative estimate of drug-likeness (QED) is 0.357. The molecule has 1 aromatic rings. The van der Waals surface area contributed by atoms with E-state index in [2.05, 4.69) is 40.4 Å². The number of benzene rings is 1. The van der Waals surface area contributed by atoms with Gasteiger partial charge in [0.1, 0.15) is 5.75 Å². The van der Waals surface area contributed by atoms with E-state index in [1.54, 1.807) is 7.05 Å². The summed E-state index contributed by atoms with van der Waals surface area (Å²) >= 11 is 0. The Kier molecular flexibility index (Phi) is 12.8. The van der Waals surface area contributed by atoms with Crippen molar-refractivity contribution in [3.63, 3.8) is 0 Å². The number of halogens is 1. The molecule has 0 unspecified atom stereocenters. The van der Waals surface area contributed by atoms with Crippen LogP contribution >= 0.6 is 24.0 Å². The van der Waals surface area contributed by atoms with E-state index in [1.165, 1.54) is 0 Å². The maximum atomic E-state index is 5.64. The second-order valence-corrected chi connectivity index (χ2v) is 4.92. The molecule has 0 fully saturated rings. The van der Waals surface area contributed by atoms with Gasteiger partial charge in [-0.15, -0.1) is 24.0 Å². The van der Waals surface area contributed by atoms with E-state index >= 15 is 0 Å². The van der Waals surface area contributed by atoms with Crippen molar-refractivity contribution in [2.75, 3.05) is 39.8 Å². The molecule has 0 spiro atoms. The highest BCUT2D eigenvalue weighted by Crippen LogP contribution is 2.17. The zero-order valence-corrected chi connectivity index (χ0v) is 17.1. The number of guanidine groups is 1. The normalized spacial score (nSPS) is 11.1. The Morgan fingerprint density at radius 2 is 1.83 bits per heavy atom. The summed E-state index contributed by atoms with van der Waals surface area (Å²) in [5, 5.41) is 6.68. The standard InChI is InChI=1S/C17H30N4O.HI/c1-5-21(6-2)13-12-19-17(18-4)20-14-15-10-8-9-11-16(15)22-7-3;/h8-11H,5-7,12-14H2,1-4H3,(H2,18,19,20);1H. The minimum atomic E-state index is 0. The van der Waals surface area contributed by atoms with Gasteiger partial charge in [-0.2, -0.15) is 0 Å². The Morgan fingerprint density at radius 3 is 2.43 bits per heavy atom. The molecule has 1 aromatic carbocycles. The topological polar surface area (TPSA) is 48.9 Å². The van der Waals surface area contributed by atoms with Crippen molar-refractivity contribution < 1.29 is 4.74 Å². The minimum absolute atomic E-state index is 0. The van der Waals surface area contributed by atoms with Crippen LogP contribution in [0.5, 0.6) is 5.75 Å². The second-order valence-electron chi connectivity index (χ2n) is 4.92. The molecule has 0 amide bonds. The van der Waals surface area contributed by atoms with Crippen molar-refractivity contribution in [2.45, 2.75) is 27.3 Å². The van der Waals surface area contributed by atoms with E-state index in [9.17, 15) is 0 Å². The Balaban J connectivity index is 0.00000484. The van der Waals surface area contributed by atoms with Crippen LogP contribution in [0.15, 0.2) is 29.3 Å². The predicted molar refractivity (Wildman–Crippen MR) is 109 cm³/mol. The lowest BCUT2D eigenvalue weighted by atomic mass is 10.2. The van der Waals surface area contributed by atoms with E-state index in [0.29, 0.717) is 13.2 Å². The molecular weight excluding hydrogens is 403 g/mol. The molecule has 0 aliphatic heterocycles. The van der Waals surface area contributed by atoms with Crippen LogP contribution in [-0.2, 0) is 6.54 Å². The average molecular weight is 434 g/mol. The van der Waals surface area contributed by atoms with Crippen LogP contribution in [-0.4, -0.2) is 50.7 Å². The van der Waals surface area contributed by atoms with Crippen molar-refractivity contribution in [1.82, 2.24) is 15.5 Å². The van der Waals surface area contributed by atoms with Crippen LogP contribution in [0.25, 0.3) is 0 Å². The van der Waals surface area contributed by atoms with Crippen molar-refractivity contribution >= 4 is 29.9 Å². The second kappa shape index (κ2) is 13.4. The van der Waals surface area contributed by atoms with Gasteiger partial charge < -0.3 is 20.3 Å². The van der Waals surface area contributed by atoms with Crippen molar-refractivity contribution in [1.29, 1.82) is 0 Å². The van der Waals surface area contributed by atoms with Gasteiger partial charge in [-0.25, -0.2) is 0 Å². The zero-order valence-electron chi connectivity index (χ0n) is 14.8. The number of aliphatic imine (C=N–C) groups is 1. The summed E-state index contributed by atoms with van der Waals surface area (Å²) in [6.45, 7) is 11.8. The van der Waals surface area contributed by atoms with Gasteiger partial charge in [-0.05, 0) is 26.1 Å². The molecule has 6 heteroatoms. The molecule has 0 radical (unpaired) electrons. The number of nitrogens with zero attached hydrogens (tertiary/aromatic N) is 2. The molecule has 0 aliphatic carbocycles. The van der Waals surface area contributed by atoms with Gasteiger partial charge in [0.25, 0.3) is 0 Å². The number of likely N-dealkylation sites (N-methyl/N-ethyl adjacent to an activating group) is 1. The third kappa shape index (κ3) is 8.41. The fourth-order valence-electron chi connectivity index (χ4n) is 2.22. The van der Waals surface area contributed by atoms with Gasteiger partial charge in [-0.3, -0.25) is 4.99 Å². The highest BCUT2D eigenvalue weighted by molar-refractivity contribution is 14.0. The predicted octanol–water partition coefficient (Wildman–Crippen LogP) is 2.71. The molecule has 0 saturated heterocycles. The van der Waals surface area contributed by atoms with Gasteiger partial charge >= 0.3 is 0 Å². The molecule has 0 aromatic heterocycles. The molecule has 0 saturated carbocycles. The monoisotopic (exact) mass is 434 g/mol. The lowest BCUT2D eigenvalue weighted by molar-refractivity contribution is 0.308. The first kappa shape index (κ1) is 22.0. The molecule has 23 heavy (non-hydrogen) atoms. The average Bonchev–Trinajstić information content (AvgIpc) is 2.56. The van der Waals surface area contributed by atoms with Crippen molar-refractivity contribution in [3.05, 3.63) is 29.8 Å². The number of rotatable bonds is 9. The molecule has 0 atom stereocenters. The minimum Gasteiger partial charge on any atom is -0.494 e. The molecule has 0 bridgehead atoms. The SMILES string of the molecule is CCOc1ccccc1CNC(=NC)NCCN(CC)CC.I. The van der Waals surface area contributed by atoms with Crippen LogP contribution in [0.1, 0.15) is 26.3 Å². The largest absolute Gasteiger partial charge is 0.494 e. The fourth-order valence-corrected chi connectivity index (χ4v) is 2.22. The Bertz CT molecular complexity index is 450. The summed E-state index contributed by atoms with van der Waals surface area (Å²) in [6, 6.07) is 8.08. The van der Waals surface area contributed by atoms with E-state index in [0.717, 1.165) is 43.5 Å². The summed E-state index contributed by atoms with van der Waals surface area (Å²) < 4.78 is 5.64. The van der Waals surface area contributed by atoms with Crippen LogP contribution < -0.4 is 15.4 Å². The van der Waals surface area contributed by atoms with Gasteiger partial charge in [0.2, 0.25) is 0 Å². The van der Waals surface area contributed by atoms with Crippen LogP contribution in [0, 0.1) is 0 Å². The van der Waals surface area contributed by atoms with Crippen molar-refractivity contribution in [2.24, 2.45) is 4.99 Å². The van der Waals surface area contributed by atoms with Gasteiger partial charge in [0, 0.05) is 32.2 Å². The maximum absolute atomic E-state index is 5.64. The van der Waals surface area contributed by atoms with E-state index in [1.807, 2.05) is 25.1 Å². The molecule has 132 valence electrons. The Labute approximate surface area is 157 Å². The first-order valence-electron chi connectivity index (χ1n) is 8.12. The third-order valence-corrected chi connectivity index (χ3v) is 3.56. The molecule has 5 nitrogen and oxygen atoms in total. The Hall–Kier alpha value is -1.02. The molecular formula is C17H31IN4O. The van der Waals surface area contributed by atoms with Crippen LogP contribution in [0.2, 0.25) is 0 Å². The van der Waals surface area contributed by atoms with E-state index < -0.39 is 0 Å². The summed E-state index contributed by atoms with van der Waals surface area (Å²) in [4.78, 5) is 6.64. The fraction of sp³-hybridized carbons (Fsp3) is 0.588. The molecule has 2 N–H and O–H groups in total. The summed E-state index contributed by atoms with van der Waals surface area (Å²) in [6.07, 6.45) is 0. The number of ether oxygens (including phenoxy) is 1. The first-order valence-corrected chi connectivity index (χ1v) is 8.12. The third-order valence-electron chi connectivity index (χ3n) is 3.56. The lowest BCUT2D eigenvalue weighted by Crippen LogP contribution is -2.41. The zero-order chi connectivity index (χ0) is 16.2. The van der Waals surface area contributed by atoms with Crippen LogP contribution in [0.3, 0.4) is 0 Å². The summed E-state index contributed by atoms with van der Waals surface area (Å²) in [5.41, 5.74) is 1.14. The van der Waals surface area contributed by atoms with E-state index in [-0.39, 0.29) is 24.0 Å². The smallest absolute Gasteiger partial charge is 0.191 e. The molecule has 1 rings (SSSR count). The molecule has 0 aliphatic rings. The number of nitrogens with one attached hydrogen (secondary N) is 2. The Morgan fingerprint density at radius 1 is 1.13 bits per heavy atom. The number of hydrogen-bond acceptors (Lipinski definition) is 3. The van der Waals surface area contributed by atoms with Gasteiger partial charge in [0.05, 0.1) is 6.61 Å². The van der Waals surface area contributed by atoms with Gasteiger partial charge in [-0.1, -0.05) is 32.0 Å². The highest BCUT2D eigenvalue weighted by Gasteiger charge is 2.04.